The van der Waals surface area contributed by atoms with E-state index in [-0.39, 0.29) is 11.7 Å². The van der Waals surface area contributed by atoms with Gasteiger partial charge in [-0.05, 0) is 48.2 Å². The van der Waals surface area contributed by atoms with Gasteiger partial charge in [-0.1, -0.05) is 42.2 Å². The first-order valence-corrected chi connectivity index (χ1v) is 9.21. The van der Waals surface area contributed by atoms with E-state index in [2.05, 4.69) is 0 Å². The molecule has 2 aromatic carbocycles. The molecular formula is C17H12FNOS3. The first-order valence-electron chi connectivity index (χ1n) is 6.76. The molecule has 0 unspecified atom stereocenters. The molecule has 0 bridgehead atoms. The Morgan fingerprint density at radius 1 is 1.22 bits per heavy atom. The molecule has 0 aliphatic carbocycles. The SMILES string of the molecule is CSc1cccc(N2C(=O)/C(=C\c3cccc(F)c3)SC2=S)c1. The first-order chi connectivity index (χ1) is 11.1. The number of thioether (sulfide) groups is 2. The normalized spacial score (nSPS) is 16.4. The van der Waals surface area contributed by atoms with Gasteiger partial charge in [0.25, 0.3) is 5.91 Å². The van der Waals surface area contributed by atoms with Gasteiger partial charge >= 0.3 is 0 Å². The summed E-state index contributed by atoms with van der Waals surface area (Å²) in [5.41, 5.74) is 1.39. The minimum absolute atomic E-state index is 0.178. The molecule has 1 amide bonds. The Bertz CT molecular complexity index is 819. The molecular weight excluding hydrogens is 349 g/mol. The molecule has 1 saturated heterocycles. The number of carbonyl (C=O) groups is 1. The van der Waals surface area contributed by atoms with Crippen LogP contribution in [0.5, 0.6) is 0 Å². The second-order valence-corrected chi connectivity index (χ2v) is 7.33. The van der Waals surface area contributed by atoms with E-state index in [4.69, 9.17) is 12.2 Å². The fourth-order valence-corrected chi connectivity index (χ4v) is 3.94. The van der Waals surface area contributed by atoms with Crippen LogP contribution in [0.15, 0.2) is 58.3 Å². The van der Waals surface area contributed by atoms with Crippen LogP contribution in [-0.4, -0.2) is 16.5 Å². The van der Waals surface area contributed by atoms with E-state index in [1.807, 2.05) is 30.5 Å². The monoisotopic (exact) mass is 361 g/mol. The Labute approximate surface area is 147 Å². The Balaban J connectivity index is 1.93. The highest BCUT2D eigenvalue weighted by atomic mass is 32.2. The minimum Gasteiger partial charge on any atom is -0.268 e. The van der Waals surface area contributed by atoms with Crippen molar-refractivity contribution in [1.82, 2.24) is 0 Å². The summed E-state index contributed by atoms with van der Waals surface area (Å²) < 4.78 is 13.8. The molecule has 1 aliphatic heterocycles. The zero-order chi connectivity index (χ0) is 16.4. The quantitative estimate of drug-likeness (QED) is 0.437. The Kier molecular flexibility index (Phi) is 4.84. The van der Waals surface area contributed by atoms with Crippen molar-refractivity contribution in [2.75, 3.05) is 11.2 Å². The lowest BCUT2D eigenvalue weighted by molar-refractivity contribution is -0.113. The third-order valence-electron chi connectivity index (χ3n) is 3.25. The van der Waals surface area contributed by atoms with Gasteiger partial charge in [-0.3, -0.25) is 9.69 Å². The van der Waals surface area contributed by atoms with Crippen molar-refractivity contribution in [2.45, 2.75) is 4.90 Å². The Morgan fingerprint density at radius 2 is 2.00 bits per heavy atom. The molecule has 1 aliphatic rings. The van der Waals surface area contributed by atoms with Crippen LogP contribution in [0, 0.1) is 5.82 Å². The van der Waals surface area contributed by atoms with Crippen LogP contribution in [-0.2, 0) is 4.79 Å². The number of hydrogen-bond donors (Lipinski definition) is 0. The standard InChI is InChI=1S/C17H12FNOS3/c1-22-14-7-3-6-13(10-14)19-16(20)15(23-17(19)21)9-11-4-2-5-12(18)8-11/h2-10H,1H3/b15-9+. The highest BCUT2D eigenvalue weighted by Crippen LogP contribution is 2.36. The molecule has 6 heteroatoms. The van der Waals surface area contributed by atoms with Gasteiger partial charge in [0, 0.05) is 4.90 Å². The lowest BCUT2D eigenvalue weighted by atomic mass is 10.2. The van der Waals surface area contributed by atoms with Gasteiger partial charge in [-0.25, -0.2) is 4.39 Å². The average molecular weight is 361 g/mol. The van der Waals surface area contributed by atoms with Crippen molar-refractivity contribution in [3.8, 4) is 0 Å². The van der Waals surface area contributed by atoms with Crippen molar-refractivity contribution in [1.29, 1.82) is 0 Å². The van der Waals surface area contributed by atoms with E-state index in [1.165, 1.54) is 28.8 Å². The number of rotatable bonds is 3. The fraction of sp³-hybridized carbons (Fsp3) is 0.0588. The van der Waals surface area contributed by atoms with Crippen LogP contribution in [0.3, 0.4) is 0 Å². The first kappa shape index (κ1) is 16.2. The second kappa shape index (κ2) is 6.86. The van der Waals surface area contributed by atoms with Crippen molar-refractivity contribution < 1.29 is 9.18 Å². The maximum absolute atomic E-state index is 13.3. The predicted octanol–water partition coefficient (Wildman–Crippen LogP) is 4.95. The van der Waals surface area contributed by atoms with E-state index in [0.717, 1.165) is 10.6 Å². The number of nitrogens with zero attached hydrogens (tertiary/aromatic N) is 1. The Hall–Kier alpha value is -1.63. The summed E-state index contributed by atoms with van der Waals surface area (Å²) in [6, 6.07) is 13.8. The molecule has 23 heavy (non-hydrogen) atoms. The topological polar surface area (TPSA) is 20.3 Å². The lowest BCUT2D eigenvalue weighted by Gasteiger charge is -2.15. The summed E-state index contributed by atoms with van der Waals surface area (Å²) in [6.07, 6.45) is 3.65. The van der Waals surface area contributed by atoms with Crippen molar-refractivity contribution in [2.24, 2.45) is 0 Å². The van der Waals surface area contributed by atoms with Crippen LogP contribution >= 0.6 is 35.7 Å². The number of benzene rings is 2. The van der Waals surface area contributed by atoms with Gasteiger partial charge < -0.3 is 0 Å². The zero-order valence-corrected chi connectivity index (χ0v) is 14.6. The van der Waals surface area contributed by atoms with Crippen LogP contribution in [0.2, 0.25) is 0 Å². The molecule has 0 N–H and O–H groups in total. The molecule has 3 rings (SSSR count). The van der Waals surface area contributed by atoms with Crippen LogP contribution in [0.1, 0.15) is 5.56 Å². The highest BCUT2D eigenvalue weighted by Gasteiger charge is 2.33. The molecule has 116 valence electrons. The van der Waals surface area contributed by atoms with E-state index in [1.54, 1.807) is 30.0 Å². The summed E-state index contributed by atoms with van der Waals surface area (Å²) in [7, 11) is 0. The number of halogens is 1. The zero-order valence-electron chi connectivity index (χ0n) is 12.2. The van der Waals surface area contributed by atoms with Gasteiger partial charge in [0.15, 0.2) is 4.32 Å². The van der Waals surface area contributed by atoms with E-state index in [0.29, 0.717) is 14.8 Å². The van der Waals surface area contributed by atoms with E-state index < -0.39 is 0 Å². The molecule has 0 spiro atoms. The number of amides is 1. The minimum atomic E-state index is -0.332. The molecule has 1 heterocycles. The van der Waals surface area contributed by atoms with Crippen molar-refractivity contribution in [3.05, 3.63) is 64.8 Å². The van der Waals surface area contributed by atoms with E-state index >= 15 is 0 Å². The maximum Gasteiger partial charge on any atom is 0.270 e. The molecule has 0 saturated carbocycles. The Morgan fingerprint density at radius 3 is 2.74 bits per heavy atom. The lowest BCUT2D eigenvalue weighted by Crippen LogP contribution is -2.27. The van der Waals surface area contributed by atoms with Crippen molar-refractivity contribution >= 4 is 57.7 Å². The fourth-order valence-electron chi connectivity index (χ4n) is 2.19. The van der Waals surface area contributed by atoms with Gasteiger partial charge in [0.2, 0.25) is 0 Å². The second-order valence-electron chi connectivity index (χ2n) is 4.77. The average Bonchev–Trinajstić information content (AvgIpc) is 2.81. The number of hydrogen-bond acceptors (Lipinski definition) is 4. The summed E-state index contributed by atoms with van der Waals surface area (Å²) in [5, 5.41) is 0. The third-order valence-corrected chi connectivity index (χ3v) is 5.28. The van der Waals surface area contributed by atoms with Gasteiger partial charge in [0.05, 0.1) is 10.6 Å². The molecule has 0 aromatic heterocycles. The summed E-state index contributed by atoms with van der Waals surface area (Å²) in [6.45, 7) is 0. The van der Waals surface area contributed by atoms with Gasteiger partial charge in [-0.2, -0.15) is 0 Å². The number of anilines is 1. The van der Waals surface area contributed by atoms with Crippen LogP contribution < -0.4 is 4.90 Å². The van der Waals surface area contributed by atoms with Gasteiger partial charge in [0.1, 0.15) is 5.82 Å². The molecule has 0 radical (unpaired) electrons. The molecule has 2 aromatic rings. The number of thiocarbonyl (C=S) groups is 1. The number of carbonyl (C=O) groups excluding carboxylic acids is 1. The smallest absolute Gasteiger partial charge is 0.268 e. The molecule has 2 nitrogen and oxygen atoms in total. The maximum atomic E-state index is 13.3. The summed E-state index contributed by atoms with van der Waals surface area (Å²) in [4.78, 5) is 15.7. The van der Waals surface area contributed by atoms with Crippen molar-refractivity contribution in [3.63, 3.8) is 0 Å². The highest BCUT2D eigenvalue weighted by molar-refractivity contribution is 8.27. The third kappa shape index (κ3) is 3.49. The molecule has 1 fully saturated rings. The largest absolute Gasteiger partial charge is 0.270 e. The van der Waals surface area contributed by atoms with Gasteiger partial charge in [-0.15, -0.1) is 11.8 Å². The van der Waals surface area contributed by atoms with Crippen LogP contribution in [0.4, 0.5) is 10.1 Å². The van der Waals surface area contributed by atoms with Crippen LogP contribution in [0.25, 0.3) is 6.08 Å². The van der Waals surface area contributed by atoms with E-state index in [9.17, 15) is 9.18 Å². The summed E-state index contributed by atoms with van der Waals surface area (Å²) in [5.74, 6) is -0.510. The summed E-state index contributed by atoms with van der Waals surface area (Å²) >= 11 is 8.18. The molecule has 0 atom stereocenters. The predicted molar refractivity (Wildman–Crippen MR) is 100 cm³/mol.